The first kappa shape index (κ1) is 20.5. The van der Waals surface area contributed by atoms with Crippen LogP contribution in [-0.4, -0.2) is 37.1 Å². The number of esters is 1. The molecule has 0 aliphatic rings. The summed E-state index contributed by atoms with van der Waals surface area (Å²) < 4.78 is 10.3. The molecule has 0 fully saturated rings. The van der Waals surface area contributed by atoms with Crippen LogP contribution in [0.3, 0.4) is 0 Å². The first-order chi connectivity index (χ1) is 12.9. The molecule has 0 bridgehead atoms. The normalized spacial score (nSPS) is 10.2. The van der Waals surface area contributed by atoms with Crippen LogP contribution in [-0.2, 0) is 14.3 Å². The minimum absolute atomic E-state index is 0.00894. The van der Waals surface area contributed by atoms with Crippen molar-refractivity contribution in [3.8, 4) is 5.75 Å². The Morgan fingerprint density at radius 3 is 2.56 bits per heavy atom. The Balaban J connectivity index is 1.99. The number of ketones is 1. The molecule has 1 amide bonds. The molecule has 0 aromatic heterocycles. The molecule has 0 aliphatic carbocycles. The van der Waals surface area contributed by atoms with Crippen LogP contribution in [0.4, 0.5) is 5.69 Å². The highest BCUT2D eigenvalue weighted by Crippen LogP contribution is 2.25. The minimum atomic E-state index is -0.618. The van der Waals surface area contributed by atoms with E-state index in [-0.39, 0.29) is 11.5 Å². The molecule has 0 saturated heterocycles. The predicted molar refractivity (Wildman–Crippen MR) is 104 cm³/mol. The molecule has 0 aliphatic heterocycles. The van der Waals surface area contributed by atoms with Gasteiger partial charge in [-0.15, -0.1) is 11.8 Å². The Bertz CT molecular complexity index is 850. The third-order valence-corrected chi connectivity index (χ3v) is 4.72. The number of Topliss-reactive ketones (excluding diaryl/α,β-unsaturated/α-hetero) is 1. The Labute approximate surface area is 162 Å². The molecule has 0 unspecified atom stereocenters. The molecule has 0 radical (unpaired) electrons. The number of nitrogens with one attached hydrogen (secondary N) is 1. The molecule has 2 aromatic carbocycles. The van der Waals surface area contributed by atoms with Crippen LogP contribution in [0.5, 0.6) is 5.75 Å². The zero-order valence-corrected chi connectivity index (χ0v) is 16.2. The van der Waals surface area contributed by atoms with Crippen LogP contribution in [0.1, 0.15) is 22.8 Å². The number of carbonyl (C=O) groups is 3. The number of methoxy groups -OCH3 is 1. The van der Waals surface area contributed by atoms with Crippen molar-refractivity contribution in [3.05, 3.63) is 53.6 Å². The van der Waals surface area contributed by atoms with Crippen LogP contribution in [0.2, 0.25) is 0 Å². The van der Waals surface area contributed by atoms with Gasteiger partial charge in [-0.3, -0.25) is 9.59 Å². The molecule has 0 spiro atoms. The van der Waals surface area contributed by atoms with Crippen LogP contribution in [0, 0.1) is 6.92 Å². The molecular formula is C20H21NO5S. The Morgan fingerprint density at radius 1 is 1.11 bits per heavy atom. The fourth-order valence-corrected chi connectivity index (χ4v) is 3.10. The summed E-state index contributed by atoms with van der Waals surface area (Å²) in [5.74, 6) is -0.298. The molecule has 6 nitrogen and oxygen atoms in total. The van der Waals surface area contributed by atoms with Gasteiger partial charge in [0.25, 0.3) is 5.91 Å². The average Bonchev–Trinajstić information content (AvgIpc) is 2.65. The third kappa shape index (κ3) is 6.14. The van der Waals surface area contributed by atoms with Crippen molar-refractivity contribution >= 4 is 35.1 Å². The summed E-state index contributed by atoms with van der Waals surface area (Å²) in [7, 11) is 1.51. The standard InChI is InChI=1S/C20H21NO5S/c1-13-8-9-17(25-3)16(10-13)21-19(23)11-26-20(24)15-6-4-5-7-18(15)27-12-14(2)22/h4-10H,11-12H2,1-3H3,(H,21,23). The lowest BCUT2D eigenvalue weighted by Crippen LogP contribution is -2.21. The van der Waals surface area contributed by atoms with Crippen molar-refractivity contribution in [2.45, 2.75) is 18.7 Å². The van der Waals surface area contributed by atoms with E-state index in [1.807, 2.05) is 13.0 Å². The quantitative estimate of drug-likeness (QED) is 0.552. The topological polar surface area (TPSA) is 81.7 Å². The molecule has 27 heavy (non-hydrogen) atoms. The monoisotopic (exact) mass is 387 g/mol. The molecule has 7 heteroatoms. The van der Waals surface area contributed by atoms with Gasteiger partial charge in [-0.25, -0.2) is 4.79 Å². The number of ether oxygens (including phenoxy) is 2. The molecule has 2 rings (SSSR count). The fourth-order valence-electron chi connectivity index (χ4n) is 2.26. The van der Waals surface area contributed by atoms with Crippen LogP contribution < -0.4 is 10.1 Å². The van der Waals surface area contributed by atoms with E-state index in [1.54, 1.807) is 36.4 Å². The second-order valence-corrected chi connectivity index (χ2v) is 6.83. The number of benzene rings is 2. The van der Waals surface area contributed by atoms with Gasteiger partial charge in [-0.2, -0.15) is 0 Å². The minimum Gasteiger partial charge on any atom is -0.495 e. The van der Waals surface area contributed by atoms with Crippen LogP contribution in [0.15, 0.2) is 47.4 Å². The van der Waals surface area contributed by atoms with Gasteiger partial charge in [0, 0.05) is 4.90 Å². The van der Waals surface area contributed by atoms with Crippen LogP contribution in [0.25, 0.3) is 0 Å². The van der Waals surface area contributed by atoms with E-state index < -0.39 is 18.5 Å². The first-order valence-electron chi connectivity index (χ1n) is 8.23. The largest absolute Gasteiger partial charge is 0.495 e. The van der Waals surface area contributed by atoms with E-state index >= 15 is 0 Å². The summed E-state index contributed by atoms with van der Waals surface area (Å²) in [6.45, 7) is 2.95. The van der Waals surface area contributed by atoms with E-state index in [2.05, 4.69) is 5.32 Å². The lowest BCUT2D eigenvalue weighted by molar-refractivity contribution is -0.119. The van der Waals surface area contributed by atoms with Crippen molar-refractivity contribution in [2.24, 2.45) is 0 Å². The molecule has 0 saturated carbocycles. The number of aryl methyl sites for hydroxylation is 1. The fraction of sp³-hybridized carbons (Fsp3) is 0.250. The third-order valence-electron chi connectivity index (χ3n) is 3.50. The maximum Gasteiger partial charge on any atom is 0.339 e. The van der Waals surface area contributed by atoms with Crippen molar-refractivity contribution < 1.29 is 23.9 Å². The highest BCUT2D eigenvalue weighted by Gasteiger charge is 2.16. The number of thioether (sulfide) groups is 1. The molecule has 2 aromatic rings. The van der Waals surface area contributed by atoms with Gasteiger partial charge in [0.2, 0.25) is 0 Å². The number of rotatable bonds is 8. The van der Waals surface area contributed by atoms with E-state index in [0.717, 1.165) is 5.56 Å². The Hall–Kier alpha value is -2.80. The summed E-state index contributed by atoms with van der Waals surface area (Å²) in [5.41, 5.74) is 1.79. The Morgan fingerprint density at radius 2 is 1.85 bits per heavy atom. The molecular weight excluding hydrogens is 366 g/mol. The maximum atomic E-state index is 12.3. The van der Waals surface area contributed by atoms with Crippen molar-refractivity contribution in [3.63, 3.8) is 0 Å². The highest BCUT2D eigenvalue weighted by atomic mass is 32.2. The van der Waals surface area contributed by atoms with Gasteiger partial charge < -0.3 is 14.8 Å². The summed E-state index contributed by atoms with van der Waals surface area (Å²) >= 11 is 1.26. The molecule has 1 N–H and O–H groups in total. The number of carbonyl (C=O) groups excluding carboxylic acids is 3. The average molecular weight is 387 g/mol. The molecule has 0 atom stereocenters. The first-order valence-corrected chi connectivity index (χ1v) is 9.22. The number of hydrogen-bond acceptors (Lipinski definition) is 6. The lowest BCUT2D eigenvalue weighted by Gasteiger charge is -2.12. The maximum absolute atomic E-state index is 12.3. The summed E-state index contributed by atoms with van der Waals surface area (Å²) in [4.78, 5) is 36.3. The number of anilines is 1. The zero-order chi connectivity index (χ0) is 19.8. The zero-order valence-electron chi connectivity index (χ0n) is 15.4. The van der Waals surface area contributed by atoms with E-state index in [1.165, 1.54) is 25.8 Å². The van der Waals surface area contributed by atoms with Crippen molar-refractivity contribution in [1.82, 2.24) is 0 Å². The van der Waals surface area contributed by atoms with Gasteiger partial charge in [-0.05, 0) is 43.7 Å². The van der Waals surface area contributed by atoms with Gasteiger partial charge >= 0.3 is 5.97 Å². The summed E-state index contributed by atoms with van der Waals surface area (Å²) in [5, 5.41) is 2.67. The molecule has 142 valence electrons. The summed E-state index contributed by atoms with van der Waals surface area (Å²) in [6, 6.07) is 12.2. The number of amides is 1. The second kappa shape index (κ2) is 9.78. The second-order valence-electron chi connectivity index (χ2n) is 5.81. The van der Waals surface area contributed by atoms with Gasteiger partial charge in [0.1, 0.15) is 11.5 Å². The Kier molecular flexibility index (Phi) is 7.43. The molecule has 0 heterocycles. The van der Waals surface area contributed by atoms with Crippen molar-refractivity contribution in [1.29, 1.82) is 0 Å². The van der Waals surface area contributed by atoms with E-state index in [4.69, 9.17) is 9.47 Å². The van der Waals surface area contributed by atoms with Gasteiger partial charge in [-0.1, -0.05) is 18.2 Å². The smallest absolute Gasteiger partial charge is 0.339 e. The lowest BCUT2D eigenvalue weighted by atomic mass is 10.2. The van der Waals surface area contributed by atoms with Gasteiger partial charge in [0.05, 0.1) is 24.1 Å². The van der Waals surface area contributed by atoms with E-state index in [0.29, 0.717) is 21.9 Å². The highest BCUT2D eigenvalue weighted by molar-refractivity contribution is 8.00. The predicted octanol–water partition coefficient (Wildman–Crippen LogP) is 3.48. The number of hydrogen-bond donors (Lipinski definition) is 1. The SMILES string of the molecule is COc1ccc(C)cc1NC(=O)COC(=O)c1ccccc1SCC(C)=O. The van der Waals surface area contributed by atoms with E-state index in [9.17, 15) is 14.4 Å². The van der Waals surface area contributed by atoms with Crippen LogP contribution >= 0.6 is 11.8 Å². The van der Waals surface area contributed by atoms with Crippen molar-refractivity contribution in [2.75, 3.05) is 24.8 Å². The van der Waals surface area contributed by atoms with Gasteiger partial charge in [0.15, 0.2) is 6.61 Å². The summed E-state index contributed by atoms with van der Waals surface area (Å²) in [6.07, 6.45) is 0.